The molecule has 1 saturated carbocycles. The van der Waals surface area contributed by atoms with E-state index >= 15 is 0 Å². The molecule has 2 fully saturated rings. The van der Waals surface area contributed by atoms with Crippen LogP contribution in [0.5, 0.6) is 11.5 Å². The van der Waals surface area contributed by atoms with Crippen molar-refractivity contribution in [1.82, 2.24) is 15.5 Å². The van der Waals surface area contributed by atoms with Gasteiger partial charge >= 0.3 is 6.09 Å². The lowest BCUT2D eigenvalue weighted by atomic mass is 9.91. The normalized spacial score (nSPS) is 20.9. The van der Waals surface area contributed by atoms with E-state index in [0.717, 1.165) is 35.1 Å². The minimum Gasteiger partial charge on any atom is -0.497 e. The molecule has 1 spiro atoms. The molecule has 2 aliphatic heterocycles. The van der Waals surface area contributed by atoms with E-state index < -0.39 is 41.4 Å². The number of ketones is 1. The first-order valence-corrected chi connectivity index (χ1v) is 17.5. The third-order valence-electron chi connectivity index (χ3n) is 10.2. The number of Topliss-reactive ketones (excluding diaryl/α,β-unsaturated/α-hetero) is 1. The van der Waals surface area contributed by atoms with Gasteiger partial charge in [-0.3, -0.25) is 19.3 Å². The molecule has 2 N–H and O–H groups in total. The quantitative estimate of drug-likeness (QED) is 0.259. The van der Waals surface area contributed by atoms with Gasteiger partial charge in [0.2, 0.25) is 11.7 Å². The molecule has 3 aromatic carbocycles. The number of amides is 3. The van der Waals surface area contributed by atoms with Gasteiger partial charge in [0.15, 0.2) is 5.60 Å². The fraction of sp³-hybridized carbons (Fsp3) is 0.410. The molecule has 3 amide bonds. The summed E-state index contributed by atoms with van der Waals surface area (Å²) in [5.41, 5.74) is 4.58. The van der Waals surface area contributed by atoms with E-state index in [1.807, 2.05) is 49.4 Å². The average molecular weight is 695 g/mol. The first kappa shape index (κ1) is 34.1. The highest BCUT2D eigenvalue weighted by Gasteiger charge is 2.55. The van der Waals surface area contributed by atoms with Crippen molar-refractivity contribution in [1.29, 1.82) is 0 Å². The summed E-state index contributed by atoms with van der Waals surface area (Å²) < 4.78 is 17.0. The van der Waals surface area contributed by atoms with E-state index in [1.165, 1.54) is 4.90 Å². The van der Waals surface area contributed by atoms with Gasteiger partial charge in [0.25, 0.3) is 5.91 Å². The maximum atomic E-state index is 14.1. The van der Waals surface area contributed by atoms with Gasteiger partial charge in [0, 0.05) is 36.4 Å². The van der Waals surface area contributed by atoms with Crippen LogP contribution in [0.2, 0.25) is 0 Å². The third kappa shape index (κ3) is 6.74. The molecule has 2 aliphatic carbocycles. The van der Waals surface area contributed by atoms with E-state index in [9.17, 15) is 19.2 Å². The number of carbonyl (C=O) groups excluding carboxylic acids is 4. The Morgan fingerprint density at radius 2 is 1.67 bits per heavy atom. The number of nitrogens with one attached hydrogen (secondary N) is 2. The fourth-order valence-electron chi connectivity index (χ4n) is 7.42. The Labute approximate surface area is 296 Å². The molecule has 4 aliphatic rings. The Morgan fingerprint density at radius 3 is 2.31 bits per heavy atom. The van der Waals surface area contributed by atoms with Crippen LogP contribution in [0.25, 0.3) is 11.1 Å². The smallest absolute Gasteiger partial charge is 0.410 e. The minimum atomic E-state index is -1.05. The van der Waals surface area contributed by atoms with Crippen LogP contribution < -0.4 is 20.1 Å². The number of likely N-dealkylation sites (tertiary alicyclic amines) is 1. The van der Waals surface area contributed by atoms with Crippen LogP contribution in [-0.4, -0.2) is 85.4 Å². The van der Waals surface area contributed by atoms with Crippen molar-refractivity contribution in [2.45, 2.75) is 75.1 Å². The van der Waals surface area contributed by atoms with Crippen molar-refractivity contribution in [3.8, 4) is 22.6 Å². The molecule has 0 aromatic heterocycles. The van der Waals surface area contributed by atoms with E-state index in [-0.39, 0.29) is 44.4 Å². The van der Waals surface area contributed by atoms with Gasteiger partial charge in [0.05, 0.1) is 32.5 Å². The van der Waals surface area contributed by atoms with E-state index in [1.54, 1.807) is 26.4 Å². The van der Waals surface area contributed by atoms with E-state index in [4.69, 9.17) is 19.0 Å². The summed E-state index contributed by atoms with van der Waals surface area (Å²) in [6, 6.07) is 19.4. The summed E-state index contributed by atoms with van der Waals surface area (Å²) in [6.45, 7) is 1.95. The number of ether oxygens (including phenoxy) is 3. The van der Waals surface area contributed by atoms with Crippen LogP contribution in [0.3, 0.4) is 0 Å². The lowest BCUT2D eigenvalue weighted by molar-refractivity contribution is -0.140. The van der Waals surface area contributed by atoms with Gasteiger partial charge in [-0.05, 0) is 53.6 Å². The molecule has 266 valence electrons. The maximum absolute atomic E-state index is 14.1. The molecule has 12 heteroatoms. The predicted molar refractivity (Wildman–Crippen MR) is 188 cm³/mol. The number of nitrogens with zero attached hydrogens (tertiary/aromatic N) is 2. The van der Waals surface area contributed by atoms with Gasteiger partial charge in [-0.2, -0.15) is 0 Å². The Balaban J connectivity index is 1.12. The highest BCUT2D eigenvalue weighted by molar-refractivity contribution is 6.38. The Kier molecular flexibility index (Phi) is 9.41. The summed E-state index contributed by atoms with van der Waals surface area (Å²) in [5, 5.41) is 9.92. The summed E-state index contributed by atoms with van der Waals surface area (Å²) in [5.74, 6) is -0.997. The van der Waals surface area contributed by atoms with E-state index in [2.05, 4.69) is 27.9 Å². The second-order valence-electron chi connectivity index (χ2n) is 13.7. The van der Waals surface area contributed by atoms with Crippen molar-refractivity contribution >= 4 is 29.4 Å². The zero-order valence-electron chi connectivity index (χ0n) is 29.0. The minimum absolute atomic E-state index is 0.00350. The van der Waals surface area contributed by atoms with Gasteiger partial charge in [-0.25, -0.2) is 4.79 Å². The van der Waals surface area contributed by atoms with Crippen molar-refractivity contribution < 1.29 is 38.2 Å². The molecule has 12 nitrogen and oxygen atoms in total. The lowest BCUT2D eigenvalue weighted by Crippen LogP contribution is -2.53. The highest BCUT2D eigenvalue weighted by Crippen LogP contribution is 2.45. The number of rotatable bonds is 12. The number of methoxy groups -OCH3 is 2. The second-order valence-corrected chi connectivity index (χ2v) is 13.7. The number of hydrogen-bond acceptors (Lipinski definition) is 9. The largest absolute Gasteiger partial charge is 0.497 e. The van der Waals surface area contributed by atoms with Gasteiger partial charge in [-0.1, -0.05) is 67.0 Å². The molecule has 1 saturated heterocycles. The topological polar surface area (TPSA) is 145 Å². The van der Waals surface area contributed by atoms with Gasteiger partial charge in [0.1, 0.15) is 24.1 Å². The first-order valence-electron chi connectivity index (χ1n) is 17.5. The molecule has 3 aromatic rings. The van der Waals surface area contributed by atoms with Crippen LogP contribution in [0.4, 0.5) is 4.79 Å². The average Bonchev–Trinajstić information content (AvgIpc) is 3.61. The van der Waals surface area contributed by atoms with Crippen LogP contribution in [-0.2, 0) is 24.0 Å². The van der Waals surface area contributed by atoms with Crippen LogP contribution >= 0.6 is 0 Å². The Bertz CT molecular complexity index is 1840. The van der Waals surface area contributed by atoms with E-state index in [0.29, 0.717) is 29.2 Å². The van der Waals surface area contributed by atoms with Gasteiger partial charge in [-0.15, -0.1) is 0 Å². The molecular weight excluding hydrogens is 652 g/mol. The molecule has 2 heterocycles. The maximum Gasteiger partial charge on any atom is 0.410 e. The number of fused-ring (bicyclic) bond motifs is 3. The third-order valence-corrected chi connectivity index (χ3v) is 10.2. The van der Waals surface area contributed by atoms with Crippen LogP contribution in [0, 0.1) is 0 Å². The predicted octanol–water partition coefficient (Wildman–Crippen LogP) is 4.72. The summed E-state index contributed by atoms with van der Waals surface area (Å²) in [6.07, 6.45) is 2.18. The first-order chi connectivity index (χ1) is 24.7. The lowest BCUT2D eigenvalue weighted by Gasteiger charge is -2.26. The second kappa shape index (κ2) is 14.1. The van der Waals surface area contributed by atoms with Crippen LogP contribution in [0.1, 0.15) is 68.1 Å². The molecule has 3 atom stereocenters. The van der Waals surface area contributed by atoms with Crippen LogP contribution in [0.15, 0.2) is 71.9 Å². The monoisotopic (exact) mass is 694 g/mol. The summed E-state index contributed by atoms with van der Waals surface area (Å²) in [4.78, 5) is 61.4. The zero-order valence-corrected chi connectivity index (χ0v) is 29.0. The molecular formula is C39H42N4O8. The molecule has 0 radical (unpaired) electrons. The number of oxime groups is 1. The molecule has 0 unspecified atom stereocenters. The van der Waals surface area contributed by atoms with Crippen molar-refractivity contribution in [2.75, 3.05) is 27.4 Å². The van der Waals surface area contributed by atoms with Crippen molar-refractivity contribution in [3.63, 3.8) is 0 Å². The summed E-state index contributed by atoms with van der Waals surface area (Å²) in [7, 11) is 3.12. The SMILES string of the molecule is CCC[C@H](NC(=O)[C@@H]1C[C@]2(CC(c3ccc(OC)cc3OC)=NO2)CN1C(=O)OCC1c2ccccc2-c2ccccc21)C(=O)C(=O)NC1CC1. The number of carbonyl (C=O) groups is 4. The molecule has 51 heavy (non-hydrogen) atoms. The molecule has 7 rings (SSSR count). The highest BCUT2D eigenvalue weighted by atomic mass is 16.7. The zero-order chi connectivity index (χ0) is 35.7. The Hall–Kier alpha value is -5.39. The summed E-state index contributed by atoms with van der Waals surface area (Å²) >= 11 is 0. The van der Waals surface area contributed by atoms with Crippen molar-refractivity contribution in [2.24, 2.45) is 5.16 Å². The molecule has 0 bridgehead atoms. The fourth-order valence-corrected chi connectivity index (χ4v) is 7.42. The standard InChI is InChI=1S/C39H42N4O8/c1-4-9-31(35(44)37(46)40-23-14-15-23)41-36(45)33-20-39(19-32(42-51-39)29-17-16-24(48-2)18-34(29)49-3)22-43(33)38(47)50-21-30-27-12-7-5-10-25(27)26-11-6-8-13-28(26)30/h5-8,10-13,16-18,23,30-31,33H,4,9,14-15,19-22H2,1-3H3,(H,40,46)(H,41,45)/t31-,33-,39+/m0/s1. The Morgan fingerprint density at radius 1 is 0.961 bits per heavy atom. The van der Waals surface area contributed by atoms with Gasteiger partial charge < -0.3 is 29.7 Å². The number of benzene rings is 3. The van der Waals surface area contributed by atoms with Crippen molar-refractivity contribution in [3.05, 3.63) is 83.4 Å². The number of hydrogen-bond donors (Lipinski definition) is 2.